The fraction of sp³-hybridized carbons (Fsp3) is 0.263. The van der Waals surface area contributed by atoms with Crippen LogP contribution in [0.15, 0.2) is 30.0 Å². The highest BCUT2D eigenvalue weighted by molar-refractivity contribution is 7.17. The Morgan fingerprint density at radius 1 is 1.29 bits per heavy atom. The van der Waals surface area contributed by atoms with Crippen molar-refractivity contribution in [2.75, 3.05) is 7.11 Å². The Balaban J connectivity index is 1.77. The lowest BCUT2D eigenvalue weighted by molar-refractivity contribution is 0.102. The molecule has 0 fully saturated rings. The number of fused-ring (bicyclic) bond motifs is 2. The van der Waals surface area contributed by atoms with E-state index in [1.54, 1.807) is 18.4 Å². The van der Waals surface area contributed by atoms with Crippen molar-refractivity contribution in [3.8, 4) is 5.75 Å². The van der Waals surface area contributed by atoms with E-state index in [0.29, 0.717) is 0 Å². The normalized spacial score (nSPS) is 16.0. The topological polar surface area (TPSA) is 43.6 Å². The molecular weight excluding hydrogens is 320 g/mol. The molecule has 2 aromatic heterocycles. The summed E-state index contributed by atoms with van der Waals surface area (Å²) in [6.07, 6.45) is 5.69. The van der Waals surface area contributed by atoms with Crippen molar-refractivity contribution in [3.05, 3.63) is 57.4 Å². The van der Waals surface area contributed by atoms with Gasteiger partial charge in [-0.25, -0.2) is 4.98 Å². The molecule has 0 amide bonds. The summed E-state index contributed by atoms with van der Waals surface area (Å²) in [6, 6.07) is 5.69. The van der Waals surface area contributed by atoms with E-state index in [1.807, 2.05) is 31.2 Å². The number of thiazole rings is 1. The van der Waals surface area contributed by atoms with Crippen molar-refractivity contribution in [2.45, 2.75) is 26.7 Å². The molecule has 1 aliphatic rings. The van der Waals surface area contributed by atoms with E-state index in [1.165, 1.54) is 4.88 Å². The highest BCUT2D eigenvalue weighted by atomic mass is 32.1. The first kappa shape index (κ1) is 15.1. The molecule has 0 N–H and O–H groups in total. The molecule has 2 heterocycles. The summed E-state index contributed by atoms with van der Waals surface area (Å²) in [5.74, 6) is 0.913. The van der Waals surface area contributed by atoms with Crippen LogP contribution in [0, 0.1) is 13.8 Å². The van der Waals surface area contributed by atoms with Gasteiger partial charge in [0, 0.05) is 22.2 Å². The van der Waals surface area contributed by atoms with Gasteiger partial charge in [-0.15, -0.1) is 11.3 Å². The minimum atomic E-state index is 0.111. The van der Waals surface area contributed by atoms with Crippen molar-refractivity contribution < 1.29 is 9.53 Å². The quantitative estimate of drug-likeness (QED) is 0.657. The maximum absolute atomic E-state index is 12.9. The van der Waals surface area contributed by atoms with Crippen molar-refractivity contribution in [3.63, 3.8) is 0 Å². The van der Waals surface area contributed by atoms with Crippen molar-refractivity contribution in [2.24, 2.45) is 0 Å². The Morgan fingerprint density at radius 3 is 2.92 bits per heavy atom. The minimum absolute atomic E-state index is 0.111. The Morgan fingerprint density at radius 2 is 2.12 bits per heavy atom. The smallest absolute Gasteiger partial charge is 0.194 e. The molecule has 0 bridgehead atoms. The van der Waals surface area contributed by atoms with Gasteiger partial charge in [0.2, 0.25) is 0 Å². The number of imidazole rings is 1. The predicted molar refractivity (Wildman–Crippen MR) is 96.2 cm³/mol. The van der Waals surface area contributed by atoms with Crippen molar-refractivity contribution in [1.82, 2.24) is 9.38 Å². The molecule has 4 nitrogen and oxygen atoms in total. The zero-order valence-electron chi connectivity index (χ0n) is 13.9. The van der Waals surface area contributed by atoms with Crippen LogP contribution in [0.25, 0.3) is 11.0 Å². The van der Waals surface area contributed by atoms with Crippen LogP contribution in [0.1, 0.15) is 38.6 Å². The number of methoxy groups -OCH3 is 1. The largest absolute Gasteiger partial charge is 0.497 e. The lowest BCUT2D eigenvalue weighted by Gasteiger charge is -2.18. The molecule has 3 aromatic rings. The number of Topliss-reactive ketones (excluding diaryl/α,β-unsaturated/α-hetero) is 1. The van der Waals surface area contributed by atoms with Crippen LogP contribution in [0.3, 0.4) is 0 Å². The Labute approximate surface area is 144 Å². The lowest BCUT2D eigenvalue weighted by atomic mass is 9.86. The second-order valence-electron chi connectivity index (χ2n) is 6.10. The number of carbonyl (C=O) groups excluding carboxylic acids is 1. The number of benzene rings is 1. The average molecular weight is 338 g/mol. The summed E-state index contributed by atoms with van der Waals surface area (Å²) >= 11 is 1.67. The number of aryl methyl sites for hydroxylation is 3. The third-order valence-electron chi connectivity index (χ3n) is 4.49. The molecule has 1 aromatic carbocycles. The monoisotopic (exact) mass is 338 g/mol. The van der Waals surface area contributed by atoms with Crippen LogP contribution in [0.4, 0.5) is 0 Å². The van der Waals surface area contributed by atoms with Gasteiger partial charge in [-0.1, -0.05) is 0 Å². The van der Waals surface area contributed by atoms with Gasteiger partial charge in [0.1, 0.15) is 5.75 Å². The molecule has 4 rings (SSSR count). The molecule has 0 unspecified atom stereocenters. The van der Waals surface area contributed by atoms with E-state index in [9.17, 15) is 4.79 Å². The minimum Gasteiger partial charge on any atom is -0.497 e. The van der Waals surface area contributed by atoms with Crippen LogP contribution in [0.5, 0.6) is 5.75 Å². The number of ketones is 1. The standard InChI is InChI=1S/C19H18N2O2S/c1-11-10-21-17(12(2)20-19(21)24-11)9-14-5-4-13-8-15(23-3)6-7-16(13)18(14)22/h6-10H,4-5H2,1-3H3/b14-9-. The van der Waals surface area contributed by atoms with Crippen LogP contribution in [0.2, 0.25) is 0 Å². The Kier molecular flexibility index (Phi) is 3.53. The first-order valence-electron chi connectivity index (χ1n) is 7.94. The van der Waals surface area contributed by atoms with Gasteiger partial charge in [-0.05, 0) is 56.5 Å². The SMILES string of the molecule is COc1ccc2c(c1)CC/C(=C/c1c(C)nc3sc(C)cn13)C2=O. The molecule has 122 valence electrons. The van der Waals surface area contributed by atoms with Gasteiger partial charge in [0.15, 0.2) is 10.7 Å². The third kappa shape index (κ3) is 2.36. The second kappa shape index (κ2) is 5.60. The van der Waals surface area contributed by atoms with Crippen LogP contribution >= 0.6 is 11.3 Å². The van der Waals surface area contributed by atoms with Gasteiger partial charge < -0.3 is 4.74 Å². The predicted octanol–water partition coefficient (Wildman–Crippen LogP) is 4.23. The first-order valence-corrected chi connectivity index (χ1v) is 8.76. The Hall–Kier alpha value is -2.40. The van der Waals surface area contributed by atoms with Crippen molar-refractivity contribution in [1.29, 1.82) is 0 Å². The first-order chi connectivity index (χ1) is 11.6. The third-order valence-corrected chi connectivity index (χ3v) is 5.38. The number of rotatable bonds is 2. The number of hydrogen-bond donors (Lipinski definition) is 0. The summed E-state index contributed by atoms with van der Waals surface area (Å²) in [7, 11) is 1.65. The number of allylic oxidation sites excluding steroid dienone is 1. The lowest BCUT2D eigenvalue weighted by Crippen LogP contribution is -2.14. The molecular formula is C19H18N2O2S. The summed E-state index contributed by atoms with van der Waals surface area (Å²) < 4.78 is 7.34. The number of nitrogens with zero attached hydrogens (tertiary/aromatic N) is 2. The maximum atomic E-state index is 12.9. The van der Waals surface area contributed by atoms with E-state index in [4.69, 9.17) is 4.74 Å². The maximum Gasteiger partial charge on any atom is 0.194 e. The highest BCUT2D eigenvalue weighted by Crippen LogP contribution is 2.30. The van der Waals surface area contributed by atoms with Gasteiger partial charge in [-0.3, -0.25) is 9.20 Å². The number of carbonyl (C=O) groups is 1. The van der Waals surface area contributed by atoms with Crippen molar-refractivity contribution >= 4 is 28.2 Å². The van der Waals surface area contributed by atoms with E-state index in [2.05, 4.69) is 22.5 Å². The molecule has 0 aliphatic heterocycles. The summed E-state index contributed by atoms with van der Waals surface area (Å²) in [4.78, 5) is 19.6. The Bertz CT molecular complexity index is 994. The molecule has 1 aliphatic carbocycles. The molecule has 0 spiro atoms. The van der Waals surface area contributed by atoms with Crippen LogP contribution in [-0.4, -0.2) is 22.3 Å². The molecule has 24 heavy (non-hydrogen) atoms. The fourth-order valence-corrected chi connectivity index (χ4v) is 4.12. The van der Waals surface area contributed by atoms with Gasteiger partial charge in [0.25, 0.3) is 0 Å². The number of ether oxygens (including phenoxy) is 1. The molecule has 0 saturated carbocycles. The van der Waals surface area contributed by atoms with Gasteiger partial charge in [-0.2, -0.15) is 0 Å². The van der Waals surface area contributed by atoms with Gasteiger partial charge in [0.05, 0.1) is 18.5 Å². The summed E-state index contributed by atoms with van der Waals surface area (Å²) in [6.45, 7) is 4.06. The molecule has 0 saturated heterocycles. The number of aromatic nitrogens is 2. The molecule has 0 radical (unpaired) electrons. The fourth-order valence-electron chi connectivity index (χ4n) is 3.24. The van der Waals surface area contributed by atoms with Crippen LogP contribution < -0.4 is 4.74 Å². The number of hydrogen-bond acceptors (Lipinski definition) is 4. The van der Waals surface area contributed by atoms with E-state index in [-0.39, 0.29) is 5.78 Å². The van der Waals surface area contributed by atoms with Crippen LogP contribution in [-0.2, 0) is 6.42 Å². The van der Waals surface area contributed by atoms with E-state index < -0.39 is 0 Å². The van der Waals surface area contributed by atoms with E-state index >= 15 is 0 Å². The summed E-state index contributed by atoms with van der Waals surface area (Å²) in [5.41, 5.74) is 4.67. The molecule has 0 atom stereocenters. The highest BCUT2D eigenvalue weighted by Gasteiger charge is 2.23. The molecule has 5 heteroatoms. The summed E-state index contributed by atoms with van der Waals surface area (Å²) in [5, 5.41) is 0. The zero-order chi connectivity index (χ0) is 16.8. The van der Waals surface area contributed by atoms with E-state index in [0.717, 1.165) is 51.6 Å². The van der Waals surface area contributed by atoms with Gasteiger partial charge >= 0.3 is 0 Å². The zero-order valence-corrected chi connectivity index (χ0v) is 14.7. The second-order valence-corrected chi connectivity index (χ2v) is 7.31. The average Bonchev–Trinajstić information content (AvgIpc) is 3.06.